The Hall–Kier alpha value is -2.45. The van der Waals surface area contributed by atoms with Crippen molar-refractivity contribution in [2.45, 2.75) is 50.0 Å². The molecule has 8 heteroatoms. The maximum Gasteiger partial charge on any atom is 0.269 e. The van der Waals surface area contributed by atoms with Crippen molar-refractivity contribution in [3.63, 3.8) is 0 Å². The summed E-state index contributed by atoms with van der Waals surface area (Å²) in [5.41, 5.74) is 0.503. The number of nitrogens with one attached hydrogen (secondary N) is 1. The average Bonchev–Trinajstić information content (AvgIpc) is 3.27. The van der Waals surface area contributed by atoms with Crippen LogP contribution in [0.4, 0.5) is 0 Å². The van der Waals surface area contributed by atoms with Crippen LogP contribution in [0, 0.1) is 0 Å². The van der Waals surface area contributed by atoms with Crippen LogP contribution in [0.2, 0.25) is 0 Å². The first-order chi connectivity index (χ1) is 13.6. The third-order valence-corrected chi connectivity index (χ3v) is 5.73. The van der Waals surface area contributed by atoms with Crippen molar-refractivity contribution in [3.05, 3.63) is 42.7 Å². The molecule has 4 rings (SSSR count). The third kappa shape index (κ3) is 3.88. The standard InChI is InChI=1S/C20H27N5O3/c1-24-13-22-12-16(24)20(27)23-15-10-17(28-14-6-5-7-21-11-14)19(26)18(15)25-8-3-2-4-9-25/h5-7,11-13,15,17-19,26H,2-4,8-10H2,1H3,(H,23,27)/t15-,17-,18+,19+/m1/s1. The Morgan fingerprint density at radius 1 is 1.25 bits per heavy atom. The smallest absolute Gasteiger partial charge is 0.269 e. The van der Waals surface area contributed by atoms with Crippen LogP contribution in [0.15, 0.2) is 37.1 Å². The minimum Gasteiger partial charge on any atom is -0.486 e. The van der Waals surface area contributed by atoms with E-state index >= 15 is 0 Å². The lowest BCUT2D eigenvalue weighted by Gasteiger charge is -2.37. The number of likely N-dealkylation sites (tertiary alicyclic amines) is 1. The molecule has 3 heterocycles. The number of carbonyl (C=O) groups excluding carboxylic acids is 1. The molecule has 0 spiro atoms. The van der Waals surface area contributed by atoms with Crippen molar-refractivity contribution in [3.8, 4) is 5.75 Å². The fourth-order valence-electron chi connectivity index (χ4n) is 4.35. The highest BCUT2D eigenvalue weighted by atomic mass is 16.5. The van der Waals surface area contributed by atoms with Crippen molar-refractivity contribution >= 4 is 5.91 Å². The Labute approximate surface area is 164 Å². The number of imidazole rings is 1. The number of aryl methyl sites for hydroxylation is 1. The number of aliphatic hydroxyl groups is 1. The van der Waals surface area contributed by atoms with E-state index in [-0.39, 0.29) is 18.0 Å². The summed E-state index contributed by atoms with van der Waals surface area (Å²) in [5.74, 6) is 0.448. The summed E-state index contributed by atoms with van der Waals surface area (Å²) in [6.45, 7) is 1.86. The molecule has 4 atom stereocenters. The predicted octanol–water partition coefficient (Wildman–Crippen LogP) is 0.980. The SMILES string of the molecule is Cn1cncc1C(=O)N[C@@H]1C[C@@H](Oc2cccnc2)[C@H](O)[C@H]1N1CCCCC1. The molecule has 1 amide bonds. The lowest BCUT2D eigenvalue weighted by atomic mass is 10.0. The van der Waals surface area contributed by atoms with E-state index in [0.717, 1.165) is 25.9 Å². The number of carbonyl (C=O) groups is 1. The van der Waals surface area contributed by atoms with E-state index in [2.05, 4.69) is 20.2 Å². The van der Waals surface area contributed by atoms with E-state index < -0.39 is 12.2 Å². The second-order valence-electron chi connectivity index (χ2n) is 7.63. The molecule has 1 aliphatic heterocycles. The molecule has 1 saturated heterocycles. The van der Waals surface area contributed by atoms with Gasteiger partial charge >= 0.3 is 0 Å². The fraction of sp³-hybridized carbons (Fsp3) is 0.550. The van der Waals surface area contributed by atoms with Gasteiger partial charge in [-0.05, 0) is 38.1 Å². The van der Waals surface area contributed by atoms with Gasteiger partial charge in [0.15, 0.2) is 0 Å². The molecular weight excluding hydrogens is 358 g/mol. The second-order valence-corrected chi connectivity index (χ2v) is 7.63. The number of pyridine rings is 1. The summed E-state index contributed by atoms with van der Waals surface area (Å²) >= 11 is 0. The van der Waals surface area contributed by atoms with Gasteiger partial charge in [-0.1, -0.05) is 6.42 Å². The molecule has 2 aromatic heterocycles. The molecular formula is C20H27N5O3. The van der Waals surface area contributed by atoms with Crippen LogP contribution in [-0.2, 0) is 7.05 Å². The summed E-state index contributed by atoms with van der Waals surface area (Å²) < 4.78 is 7.72. The lowest BCUT2D eigenvalue weighted by molar-refractivity contribution is 0.00134. The summed E-state index contributed by atoms with van der Waals surface area (Å²) in [5, 5.41) is 14.2. The van der Waals surface area contributed by atoms with Gasteiger partial charge in [-0.2, -0.15) is 0 Å². The summed E-state index contributed by atoms with van der Waals surface area (Å²) in [6, 6.07) is 3.27. The van der Waals surface area contributed by atoms with E-state index in [1.165, 1.54) is 6.42 Å². The number of ether oxygens (including phenoxy) is 1. The number of aromatic nitrogens is 3. The predicted molar refractivity (Wildman–Crippen MR) is 103 cm³/mol. The van der Waals surface area contributed by atoms with E-state index in [1.54, 1.807) is 42.6 Å². The summed E-state index contributed by atoms with van der Waals surface area (Å²) in [4.78, 5) is 23.2. The normalized spacial score (nSPS) is 28.2. The topological polar surface area (TPSA) is 92.5 Å². The van der Waals surface area contributed by atoms with Gasteiger partial charge in [0.2, 0.25) is 0 Å². The van der Waals surface area contributed by atoms with Crippen LogP contribution in [0.3, 0.4) is 0 Å². The van der Waals surface area contributed by atoms with Gasteiger partial charge in [-0.3, -0.25) is 14.7 Å². The Bertz CT molecular complexity index is 790. The Morgan fingerprint density at radius 2 is 2.07 bits per heavy atom. The van der Waals surface area contributed by atoms with Crippen molar-refractivity contribution in [2.24, 2.45) is 7.05 Å². The fourth-order valence-corrected chi connectivity index (χ4v) is 4.35. The molecule has 1 aliphatic carbocycles. The van der Waals surface area contributed by atoms with Gasteiger partial charge in [0.1, 0.15) is 23.7 Å². The lowest BCUT2D eigenvalue weighted by Crippen LogP contribution is -2.54. The second kappa shape index (κ2) is 8.28. The first-order valence-corrected chi connectivity index (χ1v) is 9.89. The molecule has 0 bridgehead atoms. The largest absolute Gasteiger partial charge is 0.486 e. The molecule has 1 saturated carbocycles. The number of nitrogens with zero attached hydrogens (tertiary/aromatic N) is 4. The first kappa shape index (κ1) is 18.9. The monoisotopic (exact) mass is 385 g/mol. The van der Waals surface area contributed by atoms with Crippen molar-refractivity contribution in [2.75, 3.05) is 13.1 Å². The number of aliphatic hydroxyl groups excluding tert-OH is 1. The third-order valence-electron chi connectivity index (χ3n) is 5.73. The van der Waals surface area contributed by atoms with Crippen LogP contribution in [-0.4, -0.2) is 67.8 Å². The van der Waals surface area contributed by atoms with Crippen LogP contribution >= 0.6 is 0 Å². The Balaban J connectivity index is 1.52. The van der Waals surface area contributed by atoms with Crippen LogP contribution in [0.1, 0.15) is 36.2 Å². The molecule has 2 N–H and O–H groups in total. The van der Waals surface area contributed by atoms with E-state index in [4.69, 9.17) is 4.74 Å². The van der Waals surface area contributed by atoms with Crippen LogP contribution in [0.5, 0.6) is 5.75 Å². The number of hydrogen-bond donors (Lipinski definition) is 2. The highest BCUT2D eigenvalue weighted by Crippen LogP contribution is 2.31. The molecule has 0 radical (unpaired) electrons. The minimum absolute atomic E-state index is 0.167. The zero-order valence-corrected chi connectivity index (χ0v) is 16.1. The first-order valence-electron chi connectivity index (χ1n) is 9.89. The maximum absolute atomic E-state index is 12.8. The van der Waals surface area contributed by atoms with Crippen molar-refractivity contribution in [1.82, 2.24) is 24.8 Å². The molecule has 0 unspecified atom stereocenters. The van der Waals surface area contributed by atoms with E-state index in [1.807, 2.05) is 6.07 Å². The summed E-state index contributed by atoms with van der Waals surface area (Å²) in [7, 11) is 1.79. The van der Waals surface area contributed by atoms with E-state index in [0.29, 0.717) is 17.9 Å². The molecule has 2 fully saturated rings. The van der Waals surface area contributed by atoms with Crippen LogP contribution in [0.25, 0.3) is 0 Å². The van der Waals surface area contributed by atoms with Crippen molar-refractivity contribution in [1.29, 1.82) is 0 Å². The summed E-state index contributed by atoms with van der Waals surface area (Å²) in [6.07, 6.45) is 9.38. The van der Waals surface area contributed by atoms with Gasteiger partial charge in [0, 0.05) is 19.7 Å². The van der Waals surface area contributed by atoms with Gasteiger partial charge in [0.25, 0.3) is 5.91 Å². The number of hydrogen-bond acceptors (Lipinski definition) is 6. The zero-order valence-electron chi connectivity index (χ0n) is 16.1. The van der Waals surface area contributed by atoms with Gasteiger partial charge in [0.05, 0.1) is 30.8 Å². The van der Waals surface area contributed by atoms with Gasteiger partial charge < -0.3 is 19.7 Å². The highest BCUT2D eigenvalue weighted by Gasteiger charge is 2.47. The van der Waals surface area contributed by atoms with E-state index in [9.17, 15) is 9.90 Å². The van der Waals surface area contributed by atoms with Gasteiger partial charge in [-0.25, -0.2) is 4.98 Å². The Kier molecular flexibility index (Phi) is 5.59. The number of rotatable bonds is 5. The number of amides is 1. The van der Waals surface area contributed by atoms with Crippen LogP contribution < -0.4 is 10.1 Å². The Morgan fingerprint density at radius 3 is 2.75 bits per heavy atom. The maximum atomic E-state index is 12.8. The average molecular weight is 385 g/mol. The molecule has 150 valence electrons. The molecule has 2 aliphatic rings. The van der Waals surface area contributed by atoms with Crippen molar-refractivity contribution < 1.29 is 14.6 Å². The molecule has 28 heavy (non-hydrogen) atoms. The highest BCUT2D eigenvalue weighted by molar-refractivity contribution is 5.92. The minimum atomic E-state index is -0.685. The molecule has 0 aromatic carbocycles. The zero-order chi connectivity index (χ0) is 19.5. The quantitative estimate of drug-likeness (QED) is 0.797. The molecule has 8 nitrogen and oxygen atoms in total. The number of piperidine rings is 1. The molecule has 2 aromatic rings. The van der Waals surface area contributed by atoms with Gasteiger partial charge in [-0.15, -0.1) is 0 Å².